The minimum absolute atomic E-state index is 0.603. The van der Waals surface area contributed by atoms with Crippen molar-refractivity contribution in [1.82, 2.24) is 13.2 Å². The Kier molecular flexibility index (Phi) is 2.34. The molecule has 0 radical (unpaired) electrons. The van der Waals surface area contributed by atoms with Crippen LogP contribution in [0.3, 0.4) is 0 Å². The first-order valence-electron chi connectivity index (χ1n) is 4.39. The van der Waals surface area contributed by atoms with Gasteiger partial charge in [0.25, 0.3) is 0 Å². The number of aromatic nitrogens is 3. The van der Waals surface area contributed by atoms with Crippen LogP contribution in [0.2, 0.25) is 0 Å². The van der Waals surface area contributed by atoms with Gasteiger partial charge in [-0.25, -0.2) is 0 Å². The SMILES string of the molecule is CC1CCCCc2c1nnn2I. The van der Waals surface area contributed by atoms with Crippen LogP contribution in [0.4, 0.5) is 0 Å². The molecule has 0 aliphatic heterocycles. The van der Waals surface area contributed by atoms with E-state index in [-0.39, 0.29) is 0 Å². The predicted molar refractivity (Wildman–Crippen MR) is 55.4 cm³/mol. The van der Waals surface area contributed by atoms with Crippen molar-refractivity contribution in [3.05, 3.63) is 11.4 Å². The molecule has 1 aliphatic rings. The number of hydrogen-bond acceptors (Lipinski definition) is 2. The van der Waals surface area contributed by atoms with Crippen molar-refractivity contribution in [3.63, 3.8) is 0 Å². The third-order valence-electron chi connectivity index (χ3n) is 2.52. The molecule has 1 aromatic rings. The van der Waals surface area contributed by atoms with Gasteiger partial charge in [0.15, 0.2) is 0 Å². The molecule has 0 amide bonds. The Balaban J connectivity index is 2.41. The van der Waals surface area contributed by atoms with Gasteiger partial charge in [-0.2, -0.15) is 2.90 Å². The van der Waals surface area contributed by atoms with Gasteiger partial charge < -0.3 is 0 Å². The van der Waals surface area contributed by atoms with E-state index in [2.05, 4.69) is 40.1 Å². The number of rotatable bonds is 0. The van der Waals surface area contributed by atoms with Crippen molar-refractivity contribution < 1.29 is 0 Å². The molecule has 3 nitrogen and oxygen atoms in total. The van der Waals surface area contributed by atoms with Crippen LogP contribution in [0.1, 0.15) is 43.5 Å². The molecule has 1 unspecified atom stereocenters. The summed E-state index contributed by atoms with van der Waals surface area (Å²) in [4.78, 5) is 0. The van der Waals surface area contributed by atoms with Gasteiger partial charge in [-0.15, -0.1) is 5.10 Å². The summed E-state index contributed by atoms with van der Waals surface area (Å²) >= 11 is 2.21. The Labute approximate surface area is 86.0 Å². The Morgan fingerprint density at radius 1 is 1.50 bits per heavy atom. The van der Waals surface area contributed by atoms with Gasteiger partial charge in [0, 0.05) is 5.92 Å². The minimum atomic E-state index is 0.603. The lowest BCUT2D eigenvalue weighted by Gasteiger charge is -2.03. The molecule has 1 aromatic heterocycles. The zero-order chi connectivity index (χ0) is 8.55. The summed E-state index contributed by atoms with van der Waals surface area (Å²) in [6, 6.07) is 0. The van der Waals surface area contributed by atoms with Crippen molar-refractivity contribution in [1.29, 1.82) is 0 Å². The quantitative estimate of drug-likeness (QED) is 0.538. The number of fused-ring (bicyclic) bond motifs is 1. The highest BCUT2D eigenvalue weighted by Gasteiger charge is 2.20. The standard InChI is InChI=1S/C8H12IN3/c1-6-4-2-3-5-7-8(6)10-11-12(7)9/h6H,2-5H2,1H3. The molecular weight excluding hydrogens is 265 g/mol. The molecule has 66 valence electrons. The van der Waals surface area contributed by atoms with E-state index >= 15 is 0 Å². The molecular formula is C8H12IN3. The van der Waals surface area contributed by atoms with E-state index in [9.17, 15) is 0 Å². The molecule has 1 heterocycles. The highest BCUT2D eigenvalue weighted by molar-refractivity contribution is 14.1. The van der Waals surface area contributed by atoms with E-state index in [1.54, 1.807) is 0 Å². The zero-order valence-corrected chi connectivity index (χ0v) is 9.28. The van der Waals surface area contributed by atoms with Crippen LogP contribution in [0, 0.1) is 0 Å². The van der Waals surface area contributed by atoms with Crippen LogP contribution >= 0.6 is 22.9 Å². The molecule has 0 saturated heterocycles. The Morgan fingerprint density at radius 3 is 3.17 bits per heavy atom. The lowest BCUT2D eigenvalue weighted by Crippen LogP contribution is -1.95. The summed E-state index contributed by atoms with van der Waals surface area (Å²) in [6.07, 6.45) is 5.03. The van der Waals surface area contributed by atoms with Gasteiger partial charge >= 0.3 is 0 Å². The lowest BCUT2D eigenvalue weighted by atomic mass is 10.0. The van der Waals surface area contributed by atoms with Gasteiger partial charge in [-0.05, 0) is 19.3 Å². The zero-order valence-electron chi connectivity index (χ0n) is 7.13. The van der Waals surface area contributed by atoms with Crippen molar-refractivity contribution in [2.45, 2.75) is 38.5 Å². The van der Waals surface area contributed by atoms with Crippen LogP contribution in [-0.2, 0) is 6.42 Å². The van der Waals surface area contributed by atoms with Crippen LogP contribution in [-0.4, -0.2) is 13.2 Å². The normalized spacial score (nSPS) is 23.3. The van der Waals surface area contributed by atoms with E-state index in [1.165, 1.54) is 30.7 Å². The third-order valence-corrected chi connectivity index (χ3v) is 3.29. The molecule has 0 aromatic carbocycles. The highest BCUT2D eigenvalue weighted by Crippen LogP contribution is 2.28. The molecule has 0 spiro atoms. The fourth-order valence-electron chi connectivity index (χ4n) is 1.78. The first-order chi connectivity index (χ1) is 5.79. The van der Waals surface area contributed by atoms with E-state index in [0.717, 1.165) is 6.42 Å². The summed E-state index contributed by atoms with van der Waals surface area (Å²) in [5.74, 6) is 0.603. The van der Waals surface area contributed by atoms with Gasteiger partial charge in [-0.3, -0.25) is 0 Å². The topological polar surface area (TPSA) is 30.7 Å². The number of halogens is 1. The van der Waals surface area contributed by atoms with Crippen LogP contribution in [0.15, 0.2) is 0 Å². The fourth-order valence-corrected chi connectivity index (χ4v) is 2.36. The molecule has 0 bridgehead atoms. The van der Waals surface area contributed by atoms with Gasteiger partial charge in [0.1, 0.15) is 0 Å². The minimum Gasteiger partial charge on any atom is -0.188 e. The summed E-state index contributed by atoms with van der Waals surface area (Å²) in [5, 5.41) is 8.25. The van der Waals surface area contributed by atoms with Gasteiger partial charge in [0.05, 0.1) is 34.3 Å². The monoisotopic (exact) mass is 277 g/mol. The smallest absolute Gasteiger partial charge is 0.0896 e. The summed E-state index contributed by atoms with van der Waals surface area (Å²) < 4.78 is 1.90. The fraction of sp³-hybridized carbons (Fsp3) is 0.750. The van der Waals surface area contributed by atoms with Crippen molar-refractivity contribution in [2.75, 3.05) is 0 Å². The Bertz CT molecular complexity index is 282. The average molecular weight is 277 g/mol. The maximum absolute atomic E-state index is 4.20. The molecule has 0 saturated carbocycles. The van der Waals surface area contributed by atoms with E-state index in [4.69, 9.17) is 0 Å². The van der Waals surface area contributed by atoms with Crippen LogP contribution in [0.5, 0.6) is 0 Å². The van der Waals surface area contributed by atoms with Gasteiger partial charge in [0.2, 0.25) is 0 Å². The summed E-state index contributed by atoms with van der Waals surface area (Å²) in [7, 11) is 0. The molecule has 4 heteroatoms. The molecule has 0 N–H and O–H groups in total. The second-order valence-electron chi connectivity index (χ2n) is 3.43. The molecule has 2 rings (SSSR count). The van der Waals surface area contributed by atoms with Gasteiger partial charge in [-0.1, -0.05) is 18.6 Å². The van der Waals surface area contributed by atoms with Crippen molar-refractivity contribution in [3.8, 4) is 0 Å². The first-order valence-corrected chi connectivity index (χ1v) is 5.36. The second kappa shape index (κ2) is 3.32. The largest absolute Gasteiger partial charge is 0.188 e. The van der Waals surface area contributed by atoms with E-state index in [1.807, 2.05) is 2.90 Å². The summed E-state index contributed by atoms with van der Waals surface area (Å²) in [6.45, 7) is 2.25. The first kappa shape index (κ1) is 8.47. The predicted octanol–water partition coefficient (Wildman–Crippen LogP) is 2.31. The highest BCUT2D eigenvalue weighted by atomic mass is 127. The Morgan fingerprint density at radius 2 is 2.33 bits per heavy atom. The van der Waals surface area contributed by atoms with E-state index < -0.39 is 0 Å². The second-order valence-corrected chi connectivity index (χ2v) is 4.34. The average Bonchev–Trinajstić information content (AvgIpc) is 2.30. The number of nitrogens with zero attached hydrogens (tertiary/aromatic N) is 3. The molecule has 12 heavy (non-hydrogen) atoms. The van der Waals surface area contributed by atoms with Crippen molar-refractivity contribution in [2.24, 2.45) is 0 Å². The lowest BCUT2D eigenvalue weighted by molar-refractivity contribution is 0.616. The maximum atomic E-state index is 4.20. The molecule has 1 aliphatic carbocycles. The van der Waals surface area contributed by atoms with Crippen LogP contribution < -0.4 is 0 Å². The Hall–Kier alpha value is -0.130. The number of hydrogen-bond donors (Lipinski definition) is 0. The third kappa shape index (κ3) is 1.36. The van der Waals surface area contributed by atoms with Crippen molar-refractivity contribution >= 4 is 22.9 Å². The maximum Gasteiger partial charge on any atom is 0.0896 e. The molecule has 0 fully saturated rings. The van der Waals surface area contributed by atoms with Crippen LogP contribution in [0.25, 0.3) is 0 Å². The summed E-state index contributed by atoms with van der Waals surface area (Å²) in [5.41, 5.74) is 2.56. The van der Waals surface area contributed by atoms with E-state index in [0.29, 0.717) is 5.92 Å². The molecule has 1 atom stereocenters.